The first-order chi connectivity index (χ1) is 9.16. The SMILES string of the molecule is O=C(NCCSc1ccccc1)c1cc(Br)c(Br)s1. The lowest BCUT2D eigenvalue weighted by Crippen LogP contribution is -2.24. The number of hydrogen-bond acceptors (Lipinski definition) is 3. The number of carbonyl (C=O) groups excluding carboxylic acids is 1. The van der Waals surface area contributed by atoms with Crippen molar-refractivity contribution in [1.29, 1.82) is 0 Å². The number of thiophene rings is 1. The summed E-state index contributed by atoms with van der Waals surface area (Å²) in [5.74, 6) is 0.841. The van der Waals surface area contributed by atoms with Crippen LogP contribution in [0.4, 0.5) is 0 Å². The number of amides is 1. The molecule has 0 radical (unpaired) electrons. The molecular weight excluding hydrogens is 410 g/mol. The Morgan fingerprint density at radius 1 is 1.26 bits per heavy atom. The van der Waals surface area contributed by atoms with Crippen LogP contribution < -0.4 is 5.32 Å². The predicted octanol–water partition coefficient (Wildman–Crippen LogP) is 4.80. The molecule has 19 heavy (non-hydrogen) atoms. The summed E-state index contributed by atoms with van der Waals surface area (Å²) in [4.78, 5) is 13.8. The van der Waals surface area contributed by atoms with Crippen LogP contribution in [0.3, 0.4) is 0 Å². The van der Waals surface area contributed by atoms with Gasteiger partial charge in [-0.1, -0.05) is 18.2 Å². The molecule has 1 amide bonds. The Labute approximate surface area is 137 Å². The lowest BCUT2D eigenvalue weighted by atomic mass is 10.4. The maximum absolute atomic E-state index is 11.9. The lowest BCUT2D eigenvalue weighted by Gasteiger charge is -2.03. The fourth-order valence-electron chi connectivity index (χ4n) is 1.40. The van der Waals surface area contributed by atoms with Gasteiger partial charge in [0.05, 0.1) is 8.66 Å². The molecule has 0 aliphatic rings. The van der Waals surface area contributed by atoms with Gasteiger partial charge in [-0.25, -0.2) is 0 Å². The Kier molecular flexibility index (Phi) is 5.94. The third kappa shape index (κ3) is 4.63. The third-order valence-corrected chi connectivity index (χ3v) is 6.54. The van der Waals surface area contributed by atoms with Crippen LogP contribution in [0.1, 0.15) is 9.67 Å². The van der Waals surface area contributed by atoms with Gasteiger partial charge in [-0.2, -0.15) is 0 Å². The molecule has 0 aliphatic carbocycles. The minimum Gasteiger partial charge on any atom is -0.350 e. The van der Waals surface area contributed by atoms with E-state index in [0.29, 0.717) is 11.4 Å². The molecule has 0 aliphatic heterocycles. The average molecular weight is 421 g/mol. The van der Waals surface area contributed by atoms with E-state index in [0.717, 1.165) is 14.0 Å². The molecule has 2 aromatic rings. The highest BCUT2D eigenvalue weighted by atomic mass is 79.9. The van der Waals surface area contributed by atoms with E-state index in [2.05, 4.69) is 49.3 Å². The van der Waals surface area contributed by atoms with E-state index in [4.69, 9.17) is 0 Å². The lowest BCUT2D eigenvalue weighted by molar-refractivity contribution is 0.0960. The summed E-state index contributed by atoms with van der Waals surface area (Å²) < 4.78 is 1.86. The van der Waals surface area contributed by atoms with E-state index in [1.807, 2.05) is 24.3 Å². The van der Waals surface area contributed by atoms with Gasteiger partial charge in [0.2, 0.25) is 0 Å². The molecule has 0 atom stereocenters. The first-order valence-corrected chi connectivity index (χ1v) is 8.96. The molecule has 2 rings (SSSR count). The molecule has 0 saturated heterocycles. The number of hydrogen-bond donors (Lipinski definition) is 1. The van der Waals surface area contributed by atoms with Crippen LogP contribution >= 0.6 is 55.0 Å². The van der Waals surface area contributed by atoms with E-state index < -0.39 is 0 Å². The normalized spacial score (nSPS) is 10.4. The third-order valence-electron chi connectivity index (χ3n) is 2.27. The fraction of sp³-hybridized carbons (Fsp3) is 0.154. The van der Waals surface area contributed by atoms with Crippen molar-refractivity contribution in [3.05, 3.63) is 49.5 Å². The predicted molar refractivity (Wildman–Crippen MR) is 89.2 cm³/mol. The summed E-state index contributed by atoms with van der Waals surface area (Å²) >= 11 is 9.92. The zero-order chi connectivity index (χ0) is 13.7. The molecule has 0 spiro atoms. The van der Waals surface area contributed by atoms with Gasteiger partial charge in [0.15, 0.2) is 0 Å². The van der Waals surface area contributed by atoms with Crippen molar-refractivity contribution >= 4 is 60.9 Å². The van der Waals surface area contributed by atoms with Crippen LogP contribution in [-0.2, 0) is 0 Å². The van der Waals surface area contributed by atoms with Crippen LogP contribution in [0.15, 0.2) is 49.6 Å². The number of thioether (sulfide) groups is 1. The highest BCUT2D eigenvalue weighted by molar-refractivity contribution is 9.13. The van der Waals surface area contributed by atoms with Gasteiger partial charge in [-0.15, -0.1) is 23.1 Å². The van der Waals surface area contributed by atoms with Crippen molar-refractivity contribution in [3.63, 3.8) is 0 Å². The van der Waals surface area contributed by atoms with Gasteiger partial charge in [0, 0.05) is 21.7 Å². The van der Waals surface area contributed by atoms with E-state index >= 15 is 0 Å². The van der Waals surface area contributed by atoms with E-state index in [-0.39, 0.29) is 5.91 Å². The van der Waals surface area contributed by atoms with Gasteiger partial charge in [0.1, 0.15) is 0 Å². The van der Waals surface area contributed by atoms with E-state index in [1.54, 1.807) is 11.8 Å². The van der Waals surface area contributed by atoms with Gasteiger partial charge in [-0.05, 0) is 50.1 Å². The second kappa shape index (κ2) is 7.47. The second-order valence-electron chi connectivity index (χ2n) is 3.65. The van der Waals surface area contributed by atoms with Crippen LogP contribution in [0, 0.1) is 0 Å². The topological polar surface area (TPSA) is 29.1 Å². The minimum absolute atomic E-state index is 0.0231. The van der Waals surface area contributed by atoms with Crippen molar-refractivity contribution in [3.8, 4) is 0 Å². The Balaban J connectivity index is 1.75. The Morgan fingerprint density at radius 2 is 2.00 bits per heavy atom. The molecule has 100 valence electrons. The zero-order valence-corrected chi connectivity index (χ0v) is 14.7. The molecular formula is C13H11Br2NOS2. The maximum atomic E-state index is 11.9. The molecule has 1 aromatic carbocycles. The molecule has 1 aromatic heterocycles. The number of nitrogens with one attached hydrogen (secondary N) is 1. The molecule has 1 heterocycles. The van der Waals surface area contributed by atoms with Crippen molar-refractivity contribution in [2.45, 2.75) is 4.90 Å². The smallest absolute Gasteiger partial charge is 0.261 e. The summed E-state index contributed by atoms with van der Waals surface area (Å²) in [5.41, 5.74) is 0. The van der Waals surface area contributed by atoms with Crippen molar-refractivity contribution in [1.82, 2.24) is 5.32 Å². The van der Waals surface area contributed by atoms with Gasteiger partial charge in [0.25, 0.3) is 5.91 Å². The number of benzene rings is 1. The Morgan fingerprint density at radius 3 is 2.63 bits per heavy atom. The summed E-state index contributed by atoms with van der Waals surface area (Å²) in [5, 5.41) is 2.92. The van der Waals surface area contributed by atoms with Crippen LogP contribution in [0.25, 0.3) is 0 Å². The standard InChI is InChI=1S/C13H11Br2NOS2/c14-10-8-11(19-12(10)15)13(17)16-6-7-18-9-4-2-1-3-5-9/h1-5,8H,6-7H2,(H,16,17). The largest absolute Gasteiger partial charge is 0.350 e. The highest BCUT2D eigenvalue weighted by Crippen LogP contribution is 2.32. The quantitative estimate of drug-likeness (QED) is 0.556. The summed E-state index contributed by atoms with van der Waals surface area (Å²) in [6.07, 6.45) is 0. The highest BCUT2D eigenvalue weighted by Gasteiger charge is 2.11. The van der Waals surface area contributed by atoms with Crippen LogP contribution in [-0.4, -0.2) is 18.2 Å². The summed E-state index contributed by atoms with van der Waals surface area (Å²) in [7, 11) is 0. The van der Waals surface area contributed by atoms with Gasteiger partial charge >= 0.3 is 0 Å². The molecule has 0 saturated carbocycles. The van der Waals surface area contributed by atoms with Crippen molar-refractivity contribution in [2.24, 2.45) is 0 Å². The minimum atomic E-state index is -0.0231. The maximum Gasteiger partial charge on any atom is 0.261 e. The summed E-state index contributed by atoms with van der Waals surface area (Å²) in [6.45, 7) is 0.658. The first-order valence-electron chi connectivity index (χ1n) is 5.57. The Bertz CT molecular complexity index is 538. The molecule has 0 unspecified atom stereocenters. The second-order valence-corrected chi connectivity index (χ2v) is 8.04. The van der Waals surface area contributed by atoms with Gasteiger partial charge in [-0.3, -0.25) is 4.79 Å². The summed E-state index contributed by atoms with van der Waals surface area (Å²) in [6, 6.07) is 12.0. The molecule has 1 N–H and O–H groups in total. The van der Waals surface area contributed by atoms with E-state index in [1.165, 1.54) is 16.2 Å². The van der Waals surface area contributed by atoms with E-state index in [9.17, 15) is 4.79 Å². The average Bonchev–Trinajstić information content (AvgIpc) is 2.76. The van der Waals surface area contributed by atoms with Crippen LogP contribution in [0.5, 0.6) is 0 Å². The molecule has 0 bridgehead atoms. The van der Waals surface area contributed by atoms with Crippen LogP contribution in [0.2, 0.25) is 0 Å². The van der Waals surface area contributed by atoms with Gasteiger partial charge < -0.3 is 5.32 Å². The zero-order valence-electron chi connectivity index (χ0n) is 9.86. The number of carbonyl (C=O) groups is 1. The van der Waals surface area contributed by atoms with Crippen molar-refractivity contribution < 1.29 is 4.79 Å². The number of halogens is 2. The Hall–Kier alpha value is -0.300. The number of rotatable bonds is 5. The first kappa shape index (κ1) is 15.1. The molecule has 0 fully saturated rings. The van der Waals surface area contributed by atoms with Crippen molar-refractivity contribution in [2.75, 3.05) is 12.3 Å². The molecule has 6 heteroatoms. The fourth-order valence-corrected chi connectivity index (χ4v) is 4.14. The molecule has 2 nitrogen and oxygen atoms in total. The monoisotopic (exact) mass is 419 g/mol.